The Morgan fingerprint density at radius 3 is 2.39 bits per heavy atom. The third-order valence-corrected chi connectivity index (χ3v) is 3.80. The maximum absolute atomic E-state index is 5.92. The smallest absolute Gasteiger partial charge is 0.142 e. The van der Waals surface area contributed by atoms with E-state index in [1.54, 1.807) is 0 Å². The highest BCUT2D eigenvalue weighted by molar-refractivity contribution is 9.10. The third-order valence-electron chi connectivity index (χ3n) is 2.69. The first-order chi connectivity index (χ1) is 8.47. The first-order valence-electron chi connectivity index (χ1n) is 5.47. The van der Waals surface area contributed by atoms with Crippen LogP contribution in [0.2, 0.25) is 0 Å². The van der Waals surface area contributed by atoms with E-state index in [0.29, 0.717) is 0 Å². The van der Waals surface area contributed by atoms with Crippen molar-refractivity contribution < 1.29 is 4.74 Å². The van der Waals surface area contributed by atoms with Gasteiger partial charge in [-0.3, -0.25) is 0 Å². The number of nitrogens with two attached hydrogens (primary N) is 1. The zero-order valence-corrected chi connectivity index (χ0v) is 13.3. The van der Waals surface area contributed by atoms with E-state index in [2.05, 4.69) is 31.9 Å². The van der Waals surface area contributed by atoms with Crippen molar-refractivity contribution in [2.75, 3.05) is 5.73 Å². The summed E-state index contributed by atoms with van der Waals surface area (Å²) in [6.07, 6.45) is 0. The lowest BCUT2D eigenvalue weighted by atomic mass is 10.2. The van der Waals surface area contributed by atoms with Crippen LogP contribution in [0.15, 0.2) is 39.3 Å². The van der Waals surface area contributed by atoms with E-state index in [0.717, 1.165) is 37.3 Å². The molecule has 2 rings (SSSR count). The summed E-state index contributed by atoms with van der Waals surface area (Å²) >= 11 is 6.91. The lowest BCUT2D eigenvalue weighted by Crippen LogP contribution is -1.93. The lowest BCUT2D eigenvalue weighted by Gasteiger charge is -2.12. The molecule has 0 radical (unpaired) electrons. The van der Waals surface area contributed by atoms with Crippen molar-refractivity contribution in [2.24, 2.45) is 0 Å². The van der Waals surface area contributed by atoms with Gasteiger partial charge in [0.1, 0.15) is 11.5 Å². The number of halogens is 2. The lowest BCUT2D eigenvalue weighted by molar-refractivity contribution is 0.475. The van der Waals surface area contributed by atoms with E-state index in [9.17, 15) is 0 Å². The monoisotopic (exact) mass is 369 g/mol. The van der Waals surface area contributed by atoms with E-state index < -0.39 is 0 Å². The number of hydrogen-bond acceptors (Lipinski definition) is 2. The zero-order chi connectivity index (χ0) is 13.3. The normalized spacial score (nSPS) is 10.4. The Hall–Kier alpha value is -1.00. The Morgan fingerprint density at radius 2 is 1.67 bits per heavy atom. The second kappa shape index (κ2) is 5.33. The van der Waals surface area contributed by atoms with Crippen LogP contribution in [-0.2, 0) is 0 Å². The summed E-state index contributed by atoms with van der Waals surface area (Å²) in [5.74, 6) is 1.59. The van der Waals surface area contributed by atoms with Crippen molar-refractivity contribution in [1.82, 2.24) is 0 Å². The van der Waals surface area contributed by atoms with Crippen molar-refractivity contribution in [1.29, 1.82) is 0 Å². The second-order valence-corrected chi connectivity index (χ2v) is 5.92. The quantitative estimate of drug-likeness (QED) is 0.737. The number of nitrogen functional groups attached to an aromatic ring is 1. The molecule has 0 aromatic heterocycles. The highest BCUT2D eigenvalue weighted by Crippen LogP contribution is 2.35. The summed E-state index contributed by atoms with van der Waals surface area (Å²) in [5, 5.41) is 0. The number of hydrogen-bond donors (Lipinski definition) is 1. The fraction of sp³-hybridized carbons (Fsp3) is 0.143. The topological polar surface area (TPSA) is 35.2 Å². The summed E-state index contributed by atoms with van der Waals surface area (Å²) in [7, 11) is 0. The molecule has 0 heterocycles. The molecular formula is C14H13Br2NO. The molecule has 18 heavy (non-hydrogen) atoms. The summed E-state index contributed by atoms with van der Waals surface area (Å²) in [5.41, 5.74) is 8.68. The van der Waals surface area contributed by atoms with Crippen LogP contribution in [0.25, 0.3) is 0 Å². The van der Waals surface area contributed by atoms with Crippen LogP contribution in [0.1, 0.15) is 11.1 Å². The van der Waals surface area contributed by atoms with Gasteiger partial charge < -0.3 is 10.5 Å². The molecular weight excluding hydrogens is 358 g/mol. The molecule has 0 atom stereocenters. The SMILES string of the molecule is Cc1cc(Oc2cc(Br)ccc2C)c(Br)cc1N. The largest absolute Gasteiger partial charge is 0.456 e. The Balaban J connectivity index is 2.40. The Morgan fingerprint density at radius 1 is 0.944 bits per heavy atom. The van der Waals surface area contributed by atoms with Gasteiger partial charge in [-0.2, -0.15) is 0 Å². The minimum absolute atomic E-state index is 0.750. The molecule has 0 unspecified atom stereocenters. The van der Waals surface area contributed by atoms with Crippen LogP contribution in [0.4, 0.5) is 5.69 Å². The highest BCUT2D eigenvalue weighted by Gasteiger charge is 2.08. The van der Waals surface area contributed by atoms with Gasteiger partial charge in [-0.05, 0) is 65.2 Å². The van der Waals surface area contributed by atoms with Gasteiger partial charge in [0.05, 0.1) is 4.47 Å². The van der Waals surface area contributed by atoms with Crippen LogP contribution in [-0.4, -0.2) is 0 Å². The van der Waals surface area contributed by atoms with Gasteiger partial charge in [0.25, 0.3) is 0 Å². The molecule has 0 bridgehead atoms. The van der Waals surface area contributed by atoms with Gasteiger partial charge in [0.15, 0.2) is 0 Å². The predicted octanol–water partition coefficient (Wildman–Crippen LogP) is 5.20. The summed E-state index contributed by atoms with van der Waals surface area (Å²) in [6, 6.07) is 9.74. The van der Waals surface area contributed by atoms with Crippen molar-refractivity contribution >= 4 is 37.5 Å². The van der Waals surface area contributed by atoms with Crippen LogP contribution >= 0.6 is 31.9 Å². The van der Waals surface area contributed by atoms with Gasteiger partial charge in [-0.15, -0.1) is 0 Å². The molecule has 0 spiro atoms. The van der Waals surface area contributed by atoms with E-state index in [-0.39, 0.29) is 0 Å². The van der Waals surface area contributed by atoms with Gasteiger partial charge in [0.2, 0.25) is 0 Å². The van der Waals surface area contributed by atoms with Gasteiger partial charge in [0, 0.05) is 10.2 Å². The van der Waals surface area contributed by atoms with Crippen LogP contribution in [0.3, 0.4) is 0 Å². The Kier molecular flexibility index (Phi) is 3.97. The van der Waals surface area contributed by atoms with E-state index in [1.165, 1.54) is 0 Å². The third kappa shape index (κ3) is 2.87. The average molecular weight is 371 g/mol. The number of aryl methyl sites for hydroxylation is 2. The van der Waals surface area contributed by atoms with Gasteiger partial charge >= 0.3 is 0 Å². The predicted molar refractivity (Wildman–Crippen MR) is 82.2 cm³/mol. The number of rotatable bonds is 2. The van der Waals surface area contributed by atoms with E-state index in [1.807, 2.05) is 44.2 Å². The minimum atomic E-state index is 0.750. The molecule has 0 saturated heterocycles. The van der Waals surface area contributed by atoms with Crippen LogP contribution in [0.5, 0.6) is 11.5 Å². The van der Waals surface area contributed by atoms with Crippen molar-refractivity contribution in [3.63, 3.8) is 0 Å². The van der Waals surface area contributed by atoms with Crippen molar-refractivity contribution in [3.05, 3.63) is 50.4 Å². The number of anilines is 1. The molecule has 94 valence electrons. The first-order valence-corrected chi connectivity index (χ1v) is 7.05. The molecule has 0 aliphatic heterocycles. The molecule has 0 aliphatic carbocycles. The standard InChI is InChI=1S/C14H13Br2NO/c1-8-3-4-10(15)6-13(8)18-14-5-9(2)12(17)7-11(14)16/h3-7H,17H2,1-2H3. The average Bonchev–Trinajstić information content (AvgIpc) is 2.30. The Bertz CT molecular complexity index is 597. The maximum Gasteiger partial charge on any atom is 0.142 e. The molecule has 2 N–H and O–H groups in total. The number of ether oxygens (including phenoxy) is 1. The second-order valence-electron chi connectivity index (χ2n) is 4.15. The van der Waals surface area contributed by atoms with Crippen molar-refractivity contribution in [2.45, 2.75) is 13.8 Å². The fourth-order valence-electron chi connectivity index (χ4n) is 1.55. The van der Waals surface area contributed by atoms with Crippen LogP contribution < -0.4 is 10.5 Å². The molecule has 0 aliphatic rings. The van der Waals surface area contributed by atoms with Gasteiger partial charge in [-0.1, -0.05) is 22.0 Å². The molecule has 2 aromatic rings. The van der Waals surface area contributed by atoms with Gasteiger partial charge in [-0.25, -0.2) is 0 Å². The summed E-state index contributed by atoms with van der Waals surface area (Å²) in [6.45, 7) is 3.97. The van der Waals surface area contributed by atoms with E-state index >= 15 is 0 Å². The number of benzene rings is 2. The molecule has 0 fully saturated rings. The zero-order valence-electron chi connectivity index (χ0n) is 10.1. The highest BCUT2D eigenvalue weighted by atomic mass is 79.9. The summed E-state index contributed by atoms with van der Waals surface area (Å²) < 4.78 is 7.77. The summed E-state index contributed by atoms with van der Waals surface area (Å²) in [4.78, 5) is 0. The van der Waals surface area contributed by atoms with Crippen molar-refractivity contribution in [3.8, 4) is 11.5 Å². The van der Waals surface area contributed by atoms with Crippen LogP contribution in [0, 0.1) is 13.8 Å². The molecule has 2 aromatic carbocycles. The molecule has 0 amide bonds. The fourth-order valence-corrected chi connectivity index (χ4v) is 2.33. The first kappa shape index (κ1) is 13.4. The maximum atomic E-state index is 5.92. The Labute approximate surface area is 123 Å². The minimum Gasteiger partial charge on any atom is -0.456 e. The molecule has 4 heteroatoms. The molecule has 2 nitrogen and oxygen atoms in total. The molecule has 0 saturated carbocycles. The van der Waals surface area contributed by atoms with E-state index in [4.69, 9.17) is 10.5 Å².